The Morgan fingerprint density at radius 3 is 3.19 bits per heavy atom. The van der Waals surface area contributed by atoms with E-state index in [9.17, 15) is 4.79 Å². The van der Waals surface area contributed by atoms with Gasteiger partial charge < -0.3 is 9.42 Å². The molecule has 3 rings (SSSR count). The first-order valence-corrected chi connectivity index (χ1v) is 7.34. The van der Waals surface area contributed by atoms with Crippen molar-refractivity contribution in [3.63, 3.8) is 0 Å². The minimum atomic E-state index is 0.147. The maximum absolute atomic E-state index is 12.2. The van der Waals surface area contributed by atoms with Crippen molar-refractivity contribution in [3.8, 4) is 0 Å². The van der Waals surface area contributed by atoms with Crippen molar-refractivity contribution in [3.05, 3.63) is 29.7 Å². The van der Waals surface area contributed by atoms with Crippen LogP contribution in [0.25, 0.3) is 0 Å². The zero-order valence-corrected chi connectivity index (χ0v) is 12.1. The van der Waals surface area contributed by atoms with Gasteiger partial charge >= 0.3 is 0 Å². The van der Waals surface area contributed by atoms with Gasteiger partial charge in [0.25, 0.3) is 0 Å². The lowest BCUT2D eigenvalue weighted by Gasteiger charge is -2.15. The van der Waals surface area contributed by atoms with E-state index >= 15 is 0 Å². The molecule has 1 aliphatic rings. The number of aromatic amines is 1. The SMILES string of the molecule is CCc1noc(CCC(=O)N2CC[C@H](c3ccn[nH]3)C2)n1. The molecule has 112 valence electrons. The van der Waals surface area contributed by atoms with Gasteiger partial charge in [-0.05, 0) is 12.5 Å². The first-order chi connectivity index (χ1) is 10.3. The van der Waals surface area contributed by atoms with Crippen molar-refractivity contribution in [2.75, 3.05) is 13.1 Å². The highest BCUT2D eigenvalue weighted by Crippen LogP contribution is 2.25. The molecule has 1 N–H and O–H groups in total. The van der Waals surface area contributed by atoms with Crippen LogP contribution in [-0.4, -0.2) is 44.2 Å². The third kappa shape index (κ3) is 3.12. The zero-order chi connectivity index (χ0) is 14.7. The lowest BCUT2D eigenvalue weighted by Crippen LogP contribution is -2.28. The Hall–Kier alpha value is -2.18. The van der Waals surface area contributed by atoms with Crippen LogP contribution in [0.4, 0.5) is 0 Å². The van der Waals surface area contributed by atoms with Crippen molar-refractivity contribution in [1.82, 2.24) is 25.2 Å². The molecule has 0 bridgehead atoms. The molecule has 0 aliphatic carbocycles. The summed E-state index contributed by atoms with van der Waals surface area (Å²) in [6.45, 7) is 3.53. The second-order valence-electron chi connectivity index (χ2n) is 5.30. The van der Waals surface area contributed by atoms with E-state index in [0.29, 0.717) is 30.5 Å². The van der Waals surface area contributed by atoms with Crippen LogP contribution in [0, 0.1) is 0 Å². The molecule has 7 nitrogen and oxygen atoms in total. The molecule has 0 aromatic carbocycles. The summed E-state index contributed by atoms with van der Waals surface area (Å²) >= 11 is 0. The monoisotopic (exact) mass is 289 g/mol. The predicted molar refractivity (Wildman–Crippen MR) is 74.5 cm³/mol. The number of rotatable bonds is 5. The van der Waals surface area contributed by atoms with E-state index in [4.69, 9.17) is 4.52 Å². The van der Waals surface area contributed by atoms with Gasteiger partial charge in [0.15, 0.2) is 5.82 Å². The number of nitrogens with zero attached hydrogens (tertiary/aromatic N) is 4. The van der Waals surface area contributed by atoms with Crippen LogP contribution in [0.3, 0.4) is 0 Å². The number of hydrogen-bond donors (Lipinski definition) is 1. The van der Waals surface area contributed by atoms with Gasteiger partial charge in [-0.2, -0.15) is 10.1 Å². The first kappa shape index (κ1) is 13.8. The van der Waals surface area contributed by atoms with Crippen LogP contribution < -0.4 is 0 Å². The predicted octanol–water partition coefficient (Wildman–Crippen LogP) is 1.30. The Bertz CT molecular complexity index is 592. The van der Waals surface area contributed by atoms with Gasteiger partial charge in [0, 0.05) is 50.2 Å². The second kappa shape index (κ2) is 6.07. The van der Waals surface area contributed by atoms with Crippen LogP contribution in [0.1, 0.15) is 43.1 Å². The summed E-state index contributed by atoms with van der Waals surface area (Å²) in [5, 5.41) is 10.8. The highest BCUT2D eigenvalue weighted by atomic mass is 16.5. The van der Waals surface area contributed by atoms with Gasteiger partial charge in [0.1, 0.15) is 0 Å². The van der Waals surface area contributed by atoms with E-state index in [1.165, 1.54) is 0 Å². The third-order valence-electron chi connectivity index (χ3n) is 3.88. The topological polar surface area (TPSA) is 87.9 Å². The molecule has 21 heavy (non-hydrogen) atoms. The maximum atomic E-state index is 12.2. The average Bonchev–Trinajstić information content (AvgIpc) is 3.24. The number of nitrogens with one attached hydrogen (secondary N) is 1. The number of H-pyrrole nitrogens is 1. The van der Waals surface area contributed by atoms with E-state index in [-0.39, 0.29) is 5.91 Å². The van der Waals surface area contributed by atoms with Gasteiger partial charge in [0.2, 0.25) is 11.8 Å². The Morgan fingerprint density at radius 2 is 2.48 bits per heavy atom. The fourth-order valence-corrected chi connectivity index (χ4v) is 2.64. The number of hydrogen-bond acceptors (Lipinski definition) is 5. The third-order valence-corrected chi connectivity index (χ3v) is 3.88. The number of aryl methyl sites for hydroxylation is 2. The molecular weight excluding hydrogens is 270 g/mol. The molecule has 2 aromatic rings. The maximum Gasteiger partial charge on any atom is 0.227 e. The molecule has 1 aliphatic heterocycles. The molecule has 1 amide bonds. The lowest BCUT2D eigenvalue weighted by atomic mass is 10.1. The van der Waals surface area contributed by atoms with E-state index in [1.54, 1.807) is 6.20 Å². The number of likely N-dealkylation sites (tertiary alicyclic amines) is 1. The highest BCUT2D eigenvalue weighted by Gasteiger charge is 2.28. The Balaban J connectivity index is 1.50. The fraction of sp³-hybridized carbons (Fsp3) is 0.571. The molecule has 2 aromatic heterocycles. The summed E-state index contributed by atoms with van der Waals surface area (Å²) in [4.78, 5) is 18.3. The standard InChI is InChI=1S/C14H19N5O2/c1-2-12-16-13(21-18-12)3-4-14(20)19-8-6-10(9-19)11-5-7-15-17-11/h5,7,10H,2-4,6,8-9H2,1H3,(H,15,17)/t10-/m0/s1. The summed E-state index contributed by atoms with van der Waals surface area (Å²) in [5.41, 5.74) is 1.11. The van der Waals surface area contributed by atoms with Crippen molar-refractivity contribution in [2.45, 2.75) is 38.5 Å². The van der Waals surface area contributed by atoms with Gasteiger partial charge in [-0.15, -0.1) is 0 Å². The van der Waals surface area contributed by atoms with Crippen LogP contribution in [0.2, 0.25) is 0 Å². The molecule has 1 saturated heterocycles. The fourth-order valence-electron chi connectivity index (χ4n) is 2.64. The van der Waals surface area contributed by atoms with Crippen molar-refractivity contribution in [2.24, 2.45) is 0 Å². The smallest absolute Gasteiger partial charge is 0.227 e. The minimum Gasteiger partial charge on any atom is -0.342 e. The molecule has 1 atom stereocenters. The Labute approximate surface area is 122 Å². The highest BCUT2D eigenvalue weighted by molar-refractivity contribution is 5.76. The quantitative estimate of drug-likeness (QED) is 0.896. The summed E-state index contributed by atoms with van der Waals surface area (Å²) in [5.74, 6) is 1.75. The lowest BCUT2D eigenvalue weighted by molar-refractivity contribution is -0.130. The second-order valence-corrected chi connectivity index (χ2v) is 5.30. The summed E-state index contributed by atoms with van der Waals surface area (Å²) in [6.07, 6.45) is 4.41. The van der Waals surface area contributed by atoms with Crippen LogP contribution >= 0.6 is 0 Å². The largest absolute Gasteiger partial charge is 0.342 e. The van der Waals surface area contributed by atoms with Crippen LogP contribution in [0.15, 0.2) is 16.8 Å². The summed E-state index contributed by atoms with van der Waals surface area (Å²) < 4.78 is 5.10. The average molecular weight is 289 g/mol. The van der Waals surface area contributed by atoms with Gasteiger partial charge in [-0.1, -0.05) is 12.1 Å². The molecule has 7 heteroatoms. The molecule has 1 fully saturated rings. The van der Waals surface area contributed by atoms with Gasteiger partial charge in [0.05, 0.1) is 0 Å². The molecule has 0 radical (unpaired) electrons. The number of carbonyl (C=O) groups is 1. The van der Waals surface area contributed by atoms with Crippen molar-refractivity contribution in [1.29, 1.82) is 0 Å². The molecular formula is C14H19N5O2. The molecule has 0 spiro atoms. The number of carbonyl (C=O) groups excluding carboxylic acids is 1. The van der Waals surface area contributed by atoms with Crippen molar-refractivity contribution >= 4 is 5.91 Å². The molecule has 0 saturated carbocycles. The minimum absolute atomic E-state index is 0.147. The van der Waals surface area contributed by atoms with E-state index < -0.39 is 0 Å². The molecule has 3 heterocycles. The van der Waals surface area contributed by atoms with Gasteiger partial charge in [-0.3, -0.25) is 9.89 Å². The van der Waals surface area contributed by atoms with Crippen molar-refractivity contribution < 1.29 is 9.32 Å². The van der Waals surface area contributed by atoms with Crippen LogP contribution in [-0.2, 0) is 17.6 Å². The Morgan fingerprint density at radius 1 is 1.57 bits per heavy atom. The number of aromatic nitrogens is 4. The zero-order valence-electron chi connectivity index (χ0n) is 12.1. The van der Waals surface area contributed by atoms with Crippen LogP contribution in [0.5, 0.6) is 0 Å². The van der Waals surface area contributed by atoms with E-state index in [1.807, 2.05) is 17.9 Å². The van der Waals surface area contributed by atoms with E-state index in [0.717, 1.165) is 31.6 Å². The van der Waals surface area contributed by atoms with Gasteiger partial charge in [-0.25, -0.2) is 0 Å². The summed E-state index contributed by atoms with van der Waals surface area (Å²) in [6, 6.07) is 1.98. The summed E-state index contributed by atoms with van der Waals surface area (Å²) in [7, 11) is 0. The molecule has 0 unspecified atom stereocenters. The first-order valence-electron chi connectivity index (χ1n) is 7.34. The van der Waals surface area contributed by atoms with E-state index in [2.05, 4.69) is 20.3 Å². The Kier molecular flexibility index (Phi) is 3.98. The number of amides is 1. The normalized spacial score (nSPS) is 18.3.